The summed E-state index contributed by atoms with van der Waals surface area (Å²) in [5.74, 6) is 0. The molecule has 0 unspecified atom stereocenters. The predicted octanol–water partition coefficient (Wildman–Crippen LogP) is 4.60. The fraction of sp³-hybridized carbons (Fsp3) is 0.0833. The van der Waals surface area contributed by atoms with Gasteiger partial charge in [0.05, 0.1) is 23.8 Å². The van der Waals surface area contributed by atoms with Crippen LogP contribution in [0.5, 0.6) is 0 Å². The van der Waals surface area contributed by atoms with Crippen molar-refractivity contribution in [2.75, 3.05) is 0 Å². The molecule has 4 nitrogen and oxygen atoms in total. The molecule has 0 saturated carbocycles. The van der Waals surface area contributed by atoms with Crippen molar-refractivity contribution in [3.8, 4) is 11.1 Å². The predicted molar refractivity (Wildman–Crippen MR) is 113 cm³/mol. The summed E-state index contributed by atoms with van der Waals surface area (Å²) in [4.78, 5) is 16.7. The lowest BCUT2D eigenvalue weighted by Crippen LogP contribution is -2.21. The van der Waals surface area contributed by atoms with Gasteiger partial charge < -0.3 is 9.13 Å². The number of hydrogen-bond donors (Lipinski definition) is 0. The maximum atomic E-state index is 12.4. The summed E-state index contributed by atoms with van der Waals surface area (Å²) in [6.07, 6.45) is 5.65. The number of rotatable bonds is 3. The van der Waals surface area contributed by atoms with Crippen LogP contribution in [0, 0.1) is 0 Å². The van der Waals surface area contributed by atoms with Crippen LogP contribution in [0.1, 0.15) is 5.56 Å². The Bertz CT molecular complexity index is 1380. The molecule has 28 heavy (non-hydrogen) atoms. The highest BCUT2D eigenvalue weighted by molar-refractivity contribution is 5.87. The molecule has 3 aromatic carbocycles. The van der Waals surface area contributed by atoms with Crippen molar-refractivity contribution in [2.24, 2.45) is 7.05 Å². The topological polar surface area (TPSA) is 39.8 Å². The highest BCUT2D eigenvalue weighted by atomic mass is 16.1. The Balaban J connectivity index is 1.56. The van der Waals surface area contributed by atoms with Gasteiger partial charge in [-0.05, 0) is 51.7 Å². The Morgan fingerprint density at radius 3 is 2.61 bits per heavy atom. The Labute approximate surface area is 162 Å². The first kappa shape index (κ1) is 16.5. The van der Waals surface area contributed by atoms with Crippen molar-refractivity contribution in [3.63, 3.8) is 0 Å². The Morgan fingerprint density at radius 2 is 1.68 bits per heavy atom. The molecule has 2 aromatic heterocycles. The van der Waals surface area contributed by atoms with Gasteiger partial charge in [0, 0.05) is 19.4 Å². The molecule has 0 N–H and O–H groups in total. The minimum Gasteiger partial charge on any atom is -0.356 e. The first-order valence-electron chi connectivity index (χ1n) is 9.27. The van der Waals surface area contributed by atoms with E-state index in [0.717, 1.165) is 22.2 Å². The number of nitrogens with zero attached hydrogens (tertiary/aromatic N) is 3. The summed E-state index contributed by atoms with van der Waals surface area (Å²) in [7, 11) is 2.04. The van der Waals surface area contributed by atoms with Gasteiger partial charge in [0.15, 0.2) is 0 Å². The second-order valence-electron chi connectivity index (χ2n) is 7.14. The van der Waals surface area contributed by atoms with Crippen molar-refractivity contribution >= 4 is 21.8 Å². The summed E-state index contributed by atoms with van der Waals surface area (Å²) in [6, 6.07) is 22.6. The van der Waals surface area contributed by atoms with E-state index in [2.05, 4.69) is 58.3 Å². The molecular formula is C24H19N3O. The molecule has 136 valence electrons. The molecule has 0 amide bonds. The van der Waals surface area contributed by atoms with Crippen LogP contribution in [-0.4, -0.2) is 14.1 Å². The van der Waals surface area contributed by atoms with Gasteiger partial charge in [-0.15, -0.1) is 0 Å². The molecule has 0 saturated heterocycles. The van der Waals surface area contributed by atoms with Crippen LogP contribution in [0.4, 0.5) is 0 Å². The van der Waals surface area contributed by atoms with Crippen molar-refractivity contribution < 1.29 is 0 Å². The third-order valence-electron chi connectivity index (χ3n) is 5.13. The lowest BCUT2D eigenvalue weighted by Gasteiger charge is -2.11. The maximum absolute atomic E-state index is 12.4. The van der Waals surface area contributed by atoms with Gasteiger partial charge in [-0.2, -0.15) is 0 Å². The van der Waals surface area contributed by atoms with Crippen LogP contribution in [0.25, 0.3) is 32.9 Å². The zero-order valence-corrected chi connectivity index (χ0v) is 15.5. The van der Waals surface area contributed by atoms with E-state index in [1.165, 1.54) is 22.5 Å². The summed E-state index contributed by atoms with van der Waals surface area (Å²) in [5.41, 5.74) is 5.00. The Hall–Kier alpha value is -3.66. The van der Waals surface area contributed by atoms with Crippen LogP contribution in [0.15, 0.2) is 90.1 Å². The zero-order valence-electron chi connectivity index (χ0n) is 15.5. The van der Waals surface area contributed by atoms with E-state index in [-0.39, 0.29) is 5.56 Å². The number of aryl methyl sites for hydroxylation is 1. The molecule has 0 fully saturated rings. The average Bonchev–Trinajstić information content (AvgIpc) is 3.09. The molecule has 0 aliphatic rings. The van der Waals surface area contributed by atoms with Gasteiger partial charge in [0.1, 0.15) is 0 Å². The third kappa shape index (κ3) is 2.89. The second kappa shape index (κ2) is 6.50. The lowest BCUT2D eigenvalue weighted by molar-refractivity contribution is 0.787. The van der Waals surface area contributed by atoms with E-state index in [1.807, 2.05) is 37.4 Å². The van der Waals surface area contributed by atoms with Crippen molar-refractivity contribution in [2.45, 2.75) is 6.54 Å². The van der Waals surface area contributed by atoms with E-state index >= 15 is 0 Å². The van der Waals surface area contributed by atoms with E-state index in [4.69, 9.17) is 0 Å². The van der Waals surface area contributed by atoms with Gasteiger partial charge in [-0.25, -0.2) is 4.98 Å². The van der Waals surface area contributed by atoms with Crippen LogP contribution in [-0.2, 0) is 13.6 Å². The molecule has 4 heteroatoms. The number of fused-ring (bicyclic) bond motifs is 2. The molecular weight excluding hydrogens is 346 g/mol. The van der Waals surface area contributed by atoms with E-state index in [9.17, 15) is 4.79 Å². The Morgan fingerprint density at radius 1 is 0.857 bits per heavy atom. The second-order valence-corrected chi connectivity index (χ2v) is 7.14. The normalized spacial score (nSPS) is 11.3. The number of para-hydroxylation sites is 2. The quantitative estimate of drug-likeness (QED) is 0.469. The molecule has 0 atom stereocenters. The highest BCUT2D eigenvalue weighted by Crippen LogP contribution is 2.26. The maximum Gasteiger partial charge on any atom is 0.269 e. The van der Waals surface area contributed by atoms with Crippen molar-refractivity contribution in [1.29, 1.82) is 0 Å². The van der Waals surface area contributed by atoms with Gasteiger partial charge in [0.25, 0.3) is 5.56 Å². The SMILES string of the molecule is Cn1cc2ccc(-c3cccc(Cn4c(=O)cnc5ccccc54)c3)cc2c1. The van der Waals surface area contributed by atoms with E-state index < -0.39 is 0 Å². The highest BCUT2D eigenvalue weighted by Gasteiger charge is 2.07. The molecule has 0 spiro atoms. The summed E-state index contributed by atoms with van der Waals surface area (Å²) in [6.45, 7) is 0.517. The number of hydrogen-bond acceptors (Lipinski definition) is 2. The monoisotopic (exact) mass is 365 g/mol. The summed E-state index contributed by atoms with van der Waals surface area (Å²) < 4.78 is 3.85. The van der Waals surface area contributed by atoms with Crippen molar-refractivity contribution in [3.05, 3.63) is 101 Å². The van der Waals surface area contributed by atoms with Crippen LogP contribution < -0.4 is 5.56 Å². The number of aromatic nitrogens is 3. The van der Waals surface area contributed by atoms with Crippen LogP contribution in [0.2, 0.25) is 0 Å². The first-order chi connectivity index (χ1) is 13.7. The van der Waals surface area contributed by atoms with Gasteiger partial charge in [-0.1, -0.05) is 42.5 Å². The van der Waals surface area contributed by atoms with Gasteiger partial charge in [-0.3, -0.25) is 4.79 Å². The third-order valence-corrected chi connectivity index (χ3v) is 5.13. The number of benzene rings is 3. The van der Waals surface area contributed by atoms with Gasteiger partial charge in [0.2, 0.25) is 0 Å². The summed E-state index contributed by atoms with van der Waals surface area (Å²) >= 11 is 0. The van der Waals surface area contributed by atoms with Crippen LogP contribution in [0.3, 0.4) is 0 Å². The van der Waals surface area contributed by atoms with E-state index in [1.54, 1.807) is 4.57 Å². The minimum absolute atomic E-state index is 0.0881. The molecule has 0 aliphatic carbocycles. The molecule has 5 aromatic rings. The summed E-state index contributed by atoms with van der Waals surface area (Å²) in [5, 5.41) is 2.46. The minimum atomic E-state index is -0.0881. The standard InChI is InChI=1S/C24H19N3O/c1-26-15-20-10-9-19(12-21(20)16-26)18-6-4-5-17(11-18)14-27-23-8-3-2-7-22(23)25-13-24(27)28/h2-13,15-16H,14H2,1H3. The smallest absolute Gasteiger partial charge is 0.269 e. The zero-order chi connectivity index (χ0) is 19.1. The molecule has 0 radical (unpaired) electrons. The fourth-order valence-corrected chi connectivity index (χ4v) is 3.77. The average molecular weight is 365 g/mol. The molecule has 5 rings (SSSR count). The Kier molecular flexibility index (Phi) is 3.83. The van der Waals surface area contributed by atoms with E-state index in [0.29, 0.717) is 6.54 Å². The lowest BCUT2D eigenvalue weighted by atomic mass is 10.0. The molecule has 2 heterocycles. The van der Waals surface area contributed by atoms with Crippen LogP contribution >= 0.6 is 0 Å². The fourth-order valence-electron chi connectivity index (χ4n) is 3.77. The van der Waals surface area contributed by atoms with Crippen molar-refractivity contribution in [1.82, 2.24) is 14.1 Å². The first-order valence-corrected chi connectivity index (χ1v) is 9.27. The molecule has 0 aliphatic heterocycles. The largest absolute Gasteiger partial charge is 0.356 e. The van der Waals surface area contributed by atoms with Gasteiger partial charge >= 0.3 is 0 Å². The molecule has 0 bridgehead atoms.